The Hall–Kier alpha value is -2.48. The first-order valence-electron chi connectivity index (χ1n) is 8.70. The smallest absolute Gasteiger partial charge is 0.241 e. The maximum atomic E-state index is 14.1. The molecule has 8 heteroatoms. The summed E-state index contributed by atoms with van der Waals surface area (Å²) >= 11 is 0. The number of benzene rings is 2. The first-order valence-corrected chi connectivity index (χ1v) is 10.5. The Bertz CT molecular complexity index is 1010. The van der Waals surface area contributed by atoms with Crippen molar-refractivity contribution in [3.63, 3.8) is 0 Å². The number of nitrogens with one attached hydrogen (secondary N) is 1. The minimum atomic E-state index is -3.96. The first kappa shape index (κ1) is 21.8. The van der Waals surface area contributed by atoms with E-state index < -0.39 is 34.1 Å². The number of hydrogen-bond acceptors (Lipinski definition) is 3. The van der Waals surface area contributed by atoms with Gasteiger partial charge in [0.2, 0.25) is 15.9 Å². The molecule has 5 nitrogen and oxygen atoms in total. The van der Waals surface area contributed by atoms with Crippen molar-refractivity contribution in [1.82, 2.24) is 5.32 Å². The van der Waals surface area contributed by atoms with Gasteiger partial charge in [0.15, 0.2) is 0 Å². The highest BCUT2D eigenvalue weighted by molar-refractivity contribution is 7.92. The number of anilines is 1. The van der Waals surface area contributed by atoms with Gasteiger partial charge in [0.1, 0.15) is 18.2 Å². The summed E-state index contributed by atoms with van der Waals surface area (Å²) < 4.78 is 52.0. The highest BCUT2D eigenvalue weighted by Gasteiger charge is 2.25. The Labute approximate surface area is 164 Å². The largest absolute Gasteiger partial charge is 0.348 e. The van der Waals surface area contributed by atoms with Crippen molar-refractivity contribution in [1.29, 1.82) is 0 Å². The van der Waals surface area contributed by atoms with Gasteiger partial charge in [-0.15, -0.1) is 0 Å². The Morgan fingerprint density at radius 1 is 1.07 bits per heavy atom. The fourth-order valence-corrected chi connectivity index (χ4v) is 3.87. The average molecular weight is 410 g/mol. The molecule has 0 unspecified atom stereocenters. The zero-order valence-electron chi connectivity index (χ0n) is 16.5. The lowest BCUT2D eigenvalue weighted by molar-refractivity contribution is -0.120. The van der Waals surface area contributed by atoms with Crippen LogP contribution in [0, 0.1) is 32.4 Å². The molecule has 0 saturated carbocycles. The third kappa shape index (κ3) is 5.07. The summed E-state index contributed by atoms with van der Waals surface area (Å²) in [5.41, 5.74) is 3.74. The summed E-state index contributed by atoms with van der Waals surface area (Å²) in [6.07, 6.45) is 0.861. The van der Waals surface area contributed by atoms with Crippen molar-refractivity contribution >= 4 is 21.6 Å². The highest BCUT2D eigenvalue weighted by atomic mass is 32.2. The van der Waals surface area contributed by atoms with E-state index >= 15 is 0 Å². The van der Waals surface area contributed by atoms with Crippen LogP contribution in [-0.2, 0) is 14.8 Å². The normalized spacial score (nSPS) is 12.5. The SMILES string of the molecule is Cc1cc(C)c([C@@H](C)NC(=O)CN(c2ccc(F)cc2F)S(C)(=O)=O)cc1C. The van der Waals surface area contributed by atoms with E-state index in [0.29, 0.717) is 10.4 Å². The van der Waals surface area contributed by atoms with Gasteiger partial charge in [-0.2, -0.15) is 0 Å². The second-order valence-electron chi connectivity index (χ2n) is 6.95. The molecule has 0 fully saturated rings. The van der Waals surface area contributed by atoms with Crippen LogP contribution in [0.3, 0.4) is 0 Å². The van der Waals surface area contributed by atoms with Crippen LogP contribution in [0.25, 0.3) is 0 Å². The quantitative estimate of drug-likeness (QED) is 0.792. The van der Waals surface area contributed by atoms with Crippen molar-refractivity contribution in [3.05, 3.63) is 64.2 Å². The van der Waals surface area contributed by atoms with Crippen molar-refractivity contribution in [2.45, 2.75) is 33.7 Å². The van der Waals surface area contributed by atoms with Crippen molar-refractivity contribution in [3.8, 4) is 0 Å². The number of rotatable bonds is 6. The van der Waals surface area contributed by atoms with E-state index in [0.717, 1.165) is 40.6 Å². The van der Waals surface area contributed by atoms with Crippen LogP contribution in [0.5, 0.6) is 0 Å². The monoisotopic (exact) mass is 410 g/mol. The number of aryl methyl sites for hydroxylation is 3. The van der Waals surface area contributed by atoms with Crippen LogP contribution in [0.1, 0.15) is 35.2 Å². The van der Waals surface area contributed by atoms with Gasteiger partial charge in [0.25, 0.3) is 0 Å². The summed E-state index contributed by atoms with van der Waals surface area (Å²) in [6, 6.07) is 6.14. The molecule has 0 aliphatic carbocycles. The van der Waals surface area contributed by atoms with Gasteiger partial charge in [-0.1, -0.05) is 12.1 Å². The van der Waals surface area contributed by atoms with Gasteiger partial charge in [0.05, 0.1) is 18.0 Å². The van der Waals surface area contributed by atoms with Crippen molar-refractivity contribution in [2.75, 3.05) is 17.1 Å². The molecule has 0 radical (unpaired) electrons. The Morgan fingerprint density at radius 2 is 1.68 bits per heavy atom. The lowest BCUT2D eigenvalue weighted by Crippen LogP contribution is -2.41. The summed E-state index contributed by atoms with van der Waals surface area (Å²) in [6.45, 7) is 7.07. The van der Waals surface area contributed by atoms with Gasteiger partial charge in [-0.25, -0.2) is 17.2 Å². The average Bonchev–Trinajstić information content (AvgIpc) is 2.55. The van der Waals surface area contributed by atoms with Crippen LogP contribution in [-0.4, -0.2) is 27.1 Å². The molecule has 152 valence electrons. The molecule has 0 aliphatic rings. The number of halogens is 2. The predicted molar refractivity (Wildman–Crippen MR) is 106 cm³/mol. The predicted octanol–water partition coefficient (Wildman–Crippen LogP) is 3.53. The molecular formula is C20H24F2N2O3S. The molecule has 0 heterocycles. The van der Waals surface area contributed by atoms with Crippen molar-refractivity contribution < 1.29 is 22.0 Å². The number of carbonyl (C=O) groups is 1. The third-order valence-electron chi connectivity index (χ3n) is 4.59. The zero-order valence-corrected chi connectivity index (χ0v) is 17.3. The topological polar surface area (TPSA) is 66.5 Å². The molecule has 0 saturated heterocycles. The van der Waals surface area contributed by atoms with Crippen LogP contribution >= 0.6 is 0 Å². The number of amides is 1. The lowest BCUT2D eigenvalue weighted by Gasteiger charge is -2.24. The molecular weight excluding hydrogens is 386 g/mol. The summed E-state index contributed by atoms with van der Waals surface area (Å²) in [7, 11) is -3.96. The second kappa shape index (κ2) is 8.26. The minimum absolute atomic E-state index is 0.369. The Balaban J connectivity index is 2.24. The van der Waals surface area contributed by atoms with Gasteiger partial charge in [-0.3, -0.25) is 9.10 Å². The number of hydrogen-bond donors (Lipinski definition) is 1. The number of sulfonamides is 1. The van der Waals surface area contributed by atoms with Gasteiger partial charge in [0, 0.05) is 6.07 Å². The molecule has 1 amide bonds. The summed E-state index contributed by atoms with van der Waals surface area (Å²) in [4.78, 5) is 12.5. The maximum Gasteiger partial charge on any atom is 0.241 e. The third-order valence-corrected chi connectivity index (χ3v) is 5.72. The van der Waals surface area contributed by atoms with E-state index in [-0.39, 0.29) is 11.7 Å². The minimum Gasteiger partial charge on any atom is -0.348 e. The van der Waals surface area contributed by atoms with Crippen molar-refractivity contribution in [2.24, 2.45) is 0 Å². The molecule has 0 aliphatic heterocycles. The lowest BCUT2D eigenvalue weighted by atomic mass is 9.96. The fraction of sp³-hybridized carbons (Fsp3) is 0.350. The van der Waals surface area contributed by atoms with E-state index in [1.54, 1.807) is 6.92 Å². The van der Waals surface area contributed by atoms with Gasteiger partial charge >= 0.3 is 0 Å². The standard InChI is InChI=1S/C20H24F2N2O3S/c1-12-8-14(3)17(9-13(12)2)15(4)23-20(25)11-24(28(5,26)27)19-7-6-16(21)10-18(19)22/h6-10,15H,11H2,1-5H3,(H,23,25)/t15-/m1/s1. The first-order chi connectivity index (χ1) is 12.9. The molecule has 2 rings (SSSR count). The van der Waals surface area contributed by atoms with Gasteiger partial charge in [-0.05, 0) is 62.1 Å². The highest BCUT2D eigenvalue weighted by Crippen LogP contribution is 2.24. The second-order valence-corrected chi connectivity index (χ2v) is 8.85. The molecule has 0 spiro atoms. The van der Waals surface area contributed by atoms with Gasteiger partial charge < -0.3 is 5.32 Å². The molecule has 2 aromatic rings. The Morgan fingerprint density at radius 3 is 2.25 bits per heavy atom. The summed E-state index contributed by atoms with van der Waals surface area (Å²) in [5.74, 6) is -2.49. The molecule has 1 N–H and O–H groups in total. The Kier molecular flexibility index (Phi) is 6.44. The fourth-order valence-electron chi connectivity index (χ4n) is 3.01. The number of nitrogens with zero attached hydrogens (tertiary/aromatic N) is 1. The molecule has 28 heavy (non-hydrogen) atoms. The van der Waals surface area contributed by atoms with Crippen LogP contribution in [0.2, 0.25) is 0 Å². The van der Waals surface area contributed by atoms with E-state index in [1.807, 2.05) is 32.9 Å². The molecule has 0 aromatic heterocycles. The molecule has 2 aromatic carbocycles. The van der Waals surface area contributed by atoms with E-state index in [2.05, 4.69) is 5.32 Å². The van der Waals surface area contributed by atoms with Crippen LogP contribution in [0.15, 0.2) is 30.3 Å². The maximum absolute atomic E-state index is 14.1. The van der Waals surface area contributed by atoms with Crippen LogP contribution in [0.4, 0.5) is 14.5 Å². The summed E-state index contributed by atoms with van der Waals surface area (Å²) in [5, 5.41) is 2.75. The molecule has 1 atom stereocenters. The zero-order chi connectivity index (χ0) is 21.2. The van der Waals surface area contributed by atoms with E-state index in [9.17, 15) is 22.0 Å². The van der Waals surface area contributed by atoms with Crippen LogP contribution < -0.4 is 9.62 Å². The van der Waals surface area contributed by atoms with E-state index in [1.165, 1.54) is 0 Å². The molecule has 0 bridgehead atoms. The number of carbonyl (C=O) groups excluding carboxylic acids is 1. The van der Waals surface area contributed by atoms with E-state index in [4.69, 9.17) is 0 Å².